The molecular weight excluding hydrogens is 374 g/mol. The number of thioether (sulfide) groups is 1. The van der Waals surface area contributed by atoms with E-state index in [1.54, 1.807) is 16.3 Å². The predicted molar refractivity (Wildman–Crippen MR) is 114 cm³/mol. The molecular formula is C21H20N3OS2+. The first-order chi connectivity index (χ1) is 13.1. The number of thiazole rings is 1. The highest BCUT2D eigenvalue weighted by Gasteiger charge is 2.23. The molecule has 3 heterocycles. The summed E-state index contributed by atoms with van der Waals surface area (Å²) in [6, 6.07) is 16.2. The molecule has 0 fully saturated rings. The van der Waals surface area contributed by atoms with Gasteiger partial charge in [-0.1, -0.05) is 30.0 Å². The van der Waals surface area contributed by atoms with Crippen molar-refractivity contribution < 1.29 is 4.57 Å². The van der Waals surface area contributed by atoms with Crippen LogP contribution in [0.5, 0.6) is 0 Å². The van der Waals surface area contributed by atoms with Crippen molar-refractivity contribution in [3.63, 3.8) is 0 Å². The molecule has 0 saturated heterocycles. The zero-order valence-electron chi connectivity index (χ0n) is 15.4. The minimum absolute atomic E-state index is 0.0383. The van der Waals surface area contributed by atoms with Gasteiger partial charge in [0.15, 0.2) is 6.20 Å². The first-order valence-electron chi connectivity index (χ1n) is 8.61. The van der Waals surface area contributed by atoms with Crippen molar-refractivity contribution >= 4 is 39.9 Å². The zero-order valence-corrected chi connectivity index (χ0v) is 17.1. The van der Waals surface area contributed by atoms with Crippen molar-refractivity contribution in [3.8, 4) is 0 Å². The Bertz CT molecular complexity index is 1210. The minimum atomic E-state index is 0.0383. The first-order valence-corrected chi connectivity index (χ1v) is 10.3. The van der Waals surface area contributed by atoms with Crippen molar-refractivity contribution in [1.82, 2.24) is 4.57 Å². The summed E-state index contributed by atoms with van der Waals surface area (Å²) >= 11 is 3.15. The summed E-state index contributed by atoms with van der Waals surface area (Å²) in [7, 11) is 3.84. The van der Waals surface area contributed by atoms with E-state index < -0.39 is 0 Å². The molecule has 1 aromatic carbocycles. The SMILES string of the molecule is CC1=CS/C(=c2/s/c(=C\c3cccc[n+]3C)n(C)c2=O)N1c1ccccc1. The third kappa shape index (κ3) is 3.26. The second-order valence-electron chi connectivity index (χ2n) is 6.37. The summed E-state index contributed by atoms with van der Waals surface area (Å²) in [5, 5.41) is 3.07. The Balaban J connectivity index is 1.93. The summed E-state index contributed by atoms with van der Waals surface area (Å²) < 4.78 is 5.48. The molecule has 0 bridgehead atoms. The Morgan fingerprint density at radius 2 is 1.81 bits per heavy atom. The number of aromatic nitrogens is 2. The predicted octanol–water partition coefficient (Wildman–Crippen LogP) is 2.28. The maximum atomic E-state index is 13.0. The number of hydrogen-bond acceptors (Lipinski definition) is 4. The summed E-state index contributed by atoms with van der Waals surface area (Å²) in [5.41, 5.74) is 3.29. The largest absolute Gasteiger partial charge is 0.307 e. The van der Waals surface area contributed by atoms with E-state index in [9.17, 15) is 4.79 Å². The van der Waals surface area contributed by atoms with Gasteiger partial charge >= 0.3 is 0 Å². The lowest BCUT2D eigenvalue weighted by Gasteiger charge is -2.20. The lowest BCUT2D eigenvalue weighted by atomic mass is 10.3. The molecule has 0 radical (unpaired) electrons. The molecule has 0 amide bonds. The highest BCUT2D eigenvalue weighted by molar-refractivity contribution is 8.11. The van der Waals surface area contributed by atoms with E-state index in [2.05, 4.69) is 35.4 Å². The van der Waals surface area contributed by atoms with Gasteiger partial charge in [0.2, 0.25) is 5.69 Å². The van der Waals surface area contributed by atoms with Crippen LogP contribution in [-0.4, -0.2) is 4.57 Å². The summed E-state index contributed by atoms with van der Waals surface area (Å²) in [6.45, 7) is 2.07. The van der Waals surface area contributed by atoms with Gasteiger partial charge in [-0.15, -0.1) is 11.3 Å². The van der Waals surface area contributed by atoms with Crippen LogP contribution < -0.4 is 24.2 Å². The van der Waals surface area contributed by atoms with Crippen LogP contribution in [0.1, 0.15) is 12.6 Å². The standard InChI is InChI=1S/C21H20N3OS2/c1-15-14-26-21(24(15)16-9-5-4-6-10-16)19-20(25)23(3)18(27-19)13-17-11-7-8-12-22(17)2/h4-14H,1-3H3/q+1/b21-19+. The molecule has 6 heteroatoms. The second kappa shape index (κ2) is 7.21. The fourth-order valence-electron chi connectivity index (χ4n) is 3.00. The molecule has 4 nitrogen and oxygen atoms in total. The van der Waals surface area contributed by atoms with Crippen LogP contribution >= 0.6 is 23.1 Å². The number of pyridine rings is 1. The van der Waals surface area contributed by atoms with E-state index in [-0.39, 0.29) is 5.56 Å². The molecule has 0 N–H and O–H groups in total. The summed E-state index contributed by atoms with van der Waals surface area (Å²) in [5.74, 6) is 0. The van der Waals surface area contributed by atoms with Gasteiger partial charge in [-0.2, -0.15) is 0 Å². The lowest BCUT2D eigenvalue weighted by molar-refractivity contribution is -0.673. The fourth-order valence-corrected chi connectivity index (χ4v) is 5.22. The number of rotatable bonds is 2. The number of nitrogens with zero attached hydrogens (tertiary/aromatic N) is 3. The Morgan fingerprint density at radius 1 is 1.07 bits per heavy atom. The summed E-state index contributed by atoms with van der Waals surface area (Å²) in [6.07, 6.45) is 4.06. The summed E-state index contributed by atoms with van der Waals surface area (Å²) in [4.78, 5) is 15.2. The average molecular weight is 395 g/mol. The van der Waals surface area contributed by atoms with Gasteiger partial charge in [0, 0.05) is 36.6 Å². The van der Waals surface area contributed by atoms with Crippen molar-refractivity contribution in [3.05, 3.63) is 91.1 Å². The number of allylic oxidation sites excluding steroid dienone is 1. The van der Waals surface area contributed by atoms with Crippen molar-refractivity contribution in [2.45, 2.75) is 6.92 Å². The molecule has 0 saturated carbocycles. The average Bonchev–Trinajstić information content (AvgIpc) is 3.19. The van der Waals surface area contributed by atoms with E-state index in [1.807, 2.05) is 61.3 Å². The van der Waals surface area contributed by atoms with Crippen molar-refractivity contribution in [2.75, 3.05) is 4.90 Å². The van der Waals surface area contributed by atoms with Crippen LogP contribution in [0.15, 0.2) is 70.6 Å². The lowest BCUT2D eigenvalue weighted by Crippen LogP contribution is -2.34. The maximum absolute atomic E-state index is 13.0. The Morgan fingerprint density at radius 3 is 2.56 bits per heavy atom. The molecule has 4 rings (SSSR count). The van der Waals surface area contributed by atoms with Crippen LogP contribution in [0.4, 0.5) is 5.69 Å². The molecule has 1 aliphatic rings. The molecule has 2 aromatic heterocycles. The number of para-hydroxylation sites is 1. The van der Waals surface area contributed by atoms with Crippen LogP contribution in [0.25, 0.3) is 11.1 Å². The van der Waals surface area contributed by atoms with Crippen molar-refractivity contribution in [1.29, 1.82) is 0 Å². The fraction of sp³-hybridized carbons (Fsp3) is 0.143. The van der Waals surface area contributed by atoms with Gasteiger partial charge < -0.3 is 9.47 Å². The van der Waals surface area contributed by atoms with Crippen LogP contribution in [0.3, 0.4) is 0 Å². The van der Waals surface area contributed by atoms with E-state index in [0.29, 0.717) is 0 Å². The third-order valence-corrected chi connectivity index (χ3v) is 6.88. The first kappa shape index (κ1) is 17.8. The second-order valence-corrected chi connectivity index (χ2v) is 8.26. The maximum Gasteiger partial charge on any atom is 0.271 e. The van der Waals surface area contributed by atoms with Gasteiger partial charge in [0.1, 0.15) is 21.3 Å². The molecule has 3 aromatic rings. The van der Waals surface area contributed by atoms with Gasteiger partial charge in [0.25, 0.3) is 5.56 Å². The zero-order chi connectivity index (χ0) is 19.0. The Labute approximate surface area is 166 Å². The number of anilines is 1. The topological polar surface area (TPSA) is 29.1 Å². The highest BCUT2D eigenvalue weighted by atomic mass is 32.2. The monoisotopic (exact) mass is 394 g/mol. The quantitative estimate of drug-likeness (QED) is 0.625. The molecule has 0 unspecified atom stereocenters. The molecule has 0 atom stereocenters. The number of hydrogen-bond donors (Lipinski definition) is 0. The third-order valence-electron chi connectivity index (χ3n) is 4.51. The Kier molecular flexibility index (Phi) is 4.76. The van der Waals surface area contributed by atoms with Gasteiger partial charge in [-0.05, 0) is 30.5 Å². The Hall–Kier alpha value is -2.57. The molecule has 136 valence electrons. The molecule has 0 spiro atoms. The van der Waals surface area contributed by atoms with Crippen LogP contribution in [-0.2, 0) is 14.1 Å². The van der Waals surface area contributed by atoms with Gasteiger partial charge in [-0.25, -0.2) is 4.57 Å². The molecule has 1 aliphatic heterocycles. The number of aryl methyl sites for hydroxylation is 1. The van der Waals surface area contributed by atoms with Gasteiger partial charge in [0.05, 0.1) is 0 Å². The van der Waals surface area contributed by atoms with E-state index >= 15 is 0 Å². The van der Waals surface area contributed by atoms with Crippen LogP contribution in [0, 0.1) is 0 Å². The van der Waals surface area contributed by atoms with Gasteiger partial charge in [-0.3, -0.25) is 4.79 Å². The van der Waals surface area contributed by atoms with E-state index in [0.717, 1.165) is 31.3 Å². The van der Waals surface area contributed by atoms with Crippen LogP contribution in [0.2, 0.25) is 0 Å². The molecule has 27 heavy (non-hydrogen) atoms. The smallest absolute Gasteiger partial charge is 0.271 e. The van der Waals surface area contributed by atoms with E-state index in [1.165, 1.54) is 11.3 Å². The van der Waals surface area contributed by atoms with Crippen molar-refractivity contribution in [2.24, 2.45) is 14.1 Å². The normalized spacial score (nSPS) is 16.8. The molecule has 0 aliphatic carbocycles. The highest BCUT2D eigenvalue weighted by Crippen LogP contribution is 2.38. The van der Waals surface area contributed by atoms with E-state index in [4.69, 9.17) is 0 Å². The number of benzene rings is 1. The minimum Gasteiger partial charge on any atom is -0.307 e.